The van der Waals surface area contributed by atoms with Crippen molar-refractivity contribution in [1.82, 2.24) is 0 Å². The molecule has 1 rings (SSSR count). The SMILES string of the molecule is COc1ccc(C=C(C#N)C=O)cc1OC. The van der Waals surface area contributed by atoms with Gasteiger partial charge in [0.15, 0.2) is 17.8 Å². The van der Waals surface area contributed by atoms with E-state index in [0.29, 0.717) is 23.3 Å². The topological polar surface area (TPSA) is 59.3 Å². The molecule has 0 atom stereocenters. The molecule has 0 amide bonds. The van der Waals surface area contributed by atoms with Crippen molar-refractivity contribution in [3.05, 3.63) is 29.3 Å². The average molecular weight is 217 g/mol. The van der Waals surface area contributed by atoms with Gasteiger partial charge >= 0.3 is 0 Å². The summed E-state index contributed by atoms with van der Waals surface area (Å²) >= 11 is 0. The number of nitriles is 1. The largest absolute Gasteiger partial charge is 0.493 e. The Labute approximate surface area is 93.7 Å². The molecule has 16 heavy (non-hydrogen) atoms. The number of ether oxygens (including phenoxy) is 2. The number of hydrogen-bond donors (Lipinski definition) is 0. The fourth-order valence-corrected chi connectivity index (χ4v) is 1.21. The molecule has 0 saturated heterocycles. The zero-order valence-electron chi connectivity index (χ0n) is 9.06. The second kappa shape index (κ2) is 5.56. The van der Waals surface area contributed by atoms with Crippen molar-refractivity contribution in [2.24, 2.45) is 0 Å². The van der Waals surface area contributed by atoms with Gasteiger partial charge in [0, 0.05) is 0 Å². The van der Waals surface area contributed by atoms with E-state index in [1.165, 1.54) is 13.2 Å². The fourth-order valence-electron chi connectivity index (χ4n) is 1.21. The van der Waals surface area contributed by atoms with E-state index >= 15 is 0 Å². The quantitative estimate of drug-likeness (QED) is 0.438. The van der Waals surface area contributed by atoms with Crippen LogP contribution in [0.1, 0.15) is 5.56 Å². The summed E-state index contributed by atoms with van der Waals surface area (Å²) < 4.78 is 10.2. The van der Waals surface area contributed by atoms with Crippen LogP contribution in [-0.2, 0) is 4.79 Å². The highest BCUT2D eigenvalue weighted by molar-refractivity contribution is 5.86. The molecular formula is C12H11NO3. The van der Waals surface area contributed by atoms with Crippen molar-refractivity contribution in [2.75, 3.05) is 14.2 Å². The van der Waals surface area contributed by atoms with Crippen molar-refractivity contribution in [3.63, 3.8) is 0 Å². The monoisotopic (exact) mass is 217 g/mol. The van der Waals surface area contributed by atoms with Gasteiger partial charge in [0.2, 0.25) is 0 Å². The zero-order valence-corrected chi connectivity index (χ0v) is 9.06. The molecule has 0 bridgehead atoms. The van der Waals surface area contributed by atoms with Gasteiger partial charge in [-0.05, 0) is 23.8 Å². The van der Waals surface area contributed by atoms with Crippen LogP contribution >= 0.6 is 0 Å². The number of benzene rings is 1. The van der Waals surface area contributed by atoms with E-state index in [2.05, 4.69) is 0 Å². The molecule has 1 aromatic rings. The summed E-state index contributed by atoms with van der Waals surface area (Å²) in [4.78, 5) is 10.5. The fraction of sp³-hybridized carbons (Fsp3) is 0.167. The zero-order chi connectivity index (χ0) is 12.0. The van der Waals surface area contributed by atoms with Gasteiger partial charge in [-0.3, -0.25) is 4.79 Å². The van der Waals surface area contributed by atoms with Crippen LogP contribution < -0.4 is 9.47 Å². The molecule has 0 N–H and O–H groups in total. The number of hydrogen-bond acceptors (Lipinski definition) is 4. The molecule has 0 heterocycles. The number of carbonyl (C=O) groups is 1. The highest BCUT2D eigenvalue weighted by Crippen LogP contribution is 2.28. The lowest BCUT2D eigenvalue weighted by molar-refractivity contribution is -0.104. The summed E-state index contributed by atoms with van der Waals surface area (Å²) in [5.74, 6) is 1.16. The van der Waals surface area contributed by atoms with E-state index in [1.807, 2.05) is 0 Å². The standard InChI is InChI=1S/C12H11NO3/c1-15-11-4-3-9(6-12(11)16-2)5-10(7-13)8-14/h3-6,8H,1-2H3. The van der Waals surface area contributed by atoms with E-state index in [0.717, 1.165) is 0 Å². The highest BCUT2D eigenvalue weighted by Gasteiger charge is 2.03. The van der Waals surface area contributed by atoms with Gasteiger partial charge in [-0.25, -0.2) is 0 Å². The predicted molar refractivity (Wildman–Crippen MR) is 59.2 cm³/mol. The van der Waals surface area contributed by atoms with Crippen LogP contribution in [0.5, 0.6) is 11.5 Å². The van der Waals surface area contributed by atoms with Crippen molar-refractivity contribution in [2.45, 2.75) is 0 Å². The molecule has 82 valence electrons. The summed E-state index contributed by atoms with van der Waals surface area (Å²) in [5.41, 5.74) is 0.772. The third kappa shape index (κ3) is 2.61. The first-order chi connectivity index (χ1) is 7.74. The molecule has 0 aliphatic carbocycles. The van der Waals surface area contributed by atoms with E-state index in [-0.39, 0.29) is 5.57 Å². The average Bonchev–Trinajstić information content (AvgIpc) is 2.35. The van der Waals surface area contributed by atoms with Crippen LogP contribution in [0.15, 0.2) is 23.8 Å². The van der Waals surface area contributed by atoms with Crippen LogP contribution in [0.4, 0.5) is 0 Å². The van der Waals surface area contributed by atoms with Gasteiger partial charge in [0.25, 0.3) is 0 Å². The van der Waals surface area contributed by atoms with Crippen molar-refractivity contribution < 1.29 is 14.3 Å². The first kappa shape index (κ1) is 11.8. The van der Waals surface area contributed by atoms with E-state index in [1.54, 1.807) is 31.4 Å². The van der Waals surface area contributed by atoms with Crippen LogP contribution in [0.25, 0.3) is 6.08 Å². The Morgan fingerprint density at radius 2 is 2.00 bits per heavy atom. The molecule has 1 aromatic carbocycles. The van der Waals surface area contributed by atoms with Crippen molar-refractivity contribution >= 4 is 12.4 Å². The van der Waals surface area contributed by atoms with E-state index in [4.69, 9.17) is 14.7 Å². The molecule has 0 aromatic heterocycles. The Morgan fingerprint density at radius 3 is 2.50 bits per heavy atom. The molecule has 4 heteroatoms. The summed E-state index contributed by atoms with van der Waals surface area (Å²) in [5, 5.41) is 8.61. The molecule has 0 spiro atoms. The maximum Gasteiger partial charge on any atom is 0.161 e. The van der Waals surface area contributed by atoms with Crippen LogP contribution in [0.2, 0.25) is 0 Å². The van der Waals surface area contributed by atoms with Crippen molar-refractivity contribution in [3.8, 4) is 17.6 Å². The van der Waals surface area contributed by atoms with E-state index in [9.17, 15) is 4.79 Å². The molecule has 0 unspecified atom stereocenters. The van der Waals surface area contributed by atoms with Crippen LogP contribution in [0, 0.1) is 11.3 Å². The van der Waals surface area contributed by atoms with Gasteiger partial charge in [0.05, 0.1) is 19.8 Å². The first-order valence-corrected chi connectivity index (χ1v) is 4.54. The molecule has 0 aliphatic rings. The van der Waals surface area contributed by atoms with Gasteiger partial charge < -0.3 is 9.47 Å². The van der Waals surface area contributed by atoms with Gasteiger partial charge in [-0.2, -0.15) is 5.26 Å². The lowest BCUT2D eigenvalue weighted by Crippen LogP contribution is -1.91. The summed E-state index contributed by atoms with van der Waals surface area (Å²) in [6.07, 6.45) is 1.99. The second-order valence-electron chi connectivity index (χ2n) is 2.94. The molecule has 0 saturated carbocycles. The molecule has 0 fully saturated rings. The minimum atomic E-state index is 0.0622. The smallest absolute Gasteiger partial charge is 0.161 e. The molecule has 0 radical (unpaired) electrons. The third-order valence-electron chi connectivity index (χ3n) is 1.99. The Morgan fingerprint density at radius 1 is 1.31 bits per heavy atom. The predicted octanol–water partition coefficient (Wildman–Crippen LogP) is 1.81. The normalized spacial score (nSPS) is 10.4. The van der Waals surface area contributed by atoms with Gasteiger partial charge in [-0.15, -0.1) is 0 Å². The highest BCUT2D eigenvalue weighted by atomic mass is 16.5. The number of rotatable bonds is 4. The Hall–Kier alpha value is -2.28. The Bertz CT molecular complexity index is 458. The minimum absolute atomic E-state index is 0.0622. The maximum absolute atomic E-state index is 10.5. The maximum atomic E-state index is 10.5. The lowest BCUT2D eigenvalue weighted by Gasteiger charge is -2.07. The van der Waals surface area contributed by atoms with Crippen LogP contribution in [0.3, 0.4) is 0 Å². The summed E-state index contributed by atoms with van der Waals surface area (Å²) in [6.45, 7) is 0. The second-order valence-corrected chi connectivity index (χ2v) is 2.94. The summed E-state index contributed by atoms with van der Waals surface area (Å²) in [7, 11) is 3.07. The van der Waals surface area contributed by atoms with Crippen molar-refractivity contribution in [1.29, 1.82) is 5.26 Å². The first-order valence-electron chi connectivity index (χ1n) is 4.54. The van der Waals surface area contributed by atoms with Gasteiger partial charge in [-0.1, -0.05) is 6.07 Å². The van der Waals surface area contributed by atoms with Crippen LogP contribution in [-0.4, -0.2) is 20.5 Å². The Balaban J connectivity index is 3.14. The molecule has 4 nitrogen and oxygen atoms in total. The number of aldehydes is 1. The van der Waals surface area contributed by atoms with E-state index < -0.39 is 0 Å². The Kier molecular flexibility index (Phi) is 4.10. The lowest BCUT2D eigenvalue weighted by atomic mass is 10.1. The molecule has 0 aliphatic heterocycles. The number of allylic oxidation sites excluding steroid dienone is 1. The number of methoxy groups -OCH3 is 2. The summed E-state index contributed by atoms with van der Waals surface area (Å²) in [6, 6.07) is 6.93. The number of nitrogens with zero attached hydrogens (tertiary/aromatic N) is 1. The van der Waals surface area contributed by atoms with Gasteiger partial charge in [0.1, 0.15) is 6.07 Å². The number of carbonyl (C=O) groups excluding carboxylic acids is 1. The minimum Gasteiger partial charge on any atom is -0.493 e. The third-order valence-corrected chi connectivity index (χ3v) is 1.99. The molecular weight excluding hydrogens is 206 g/mol.